The summed E-state index contributed by atoms with van der Waals surface area (Å²) in [5, 5.41) is 10.5. The summed E-state index contributed by atoms with van der Waals surface area (Å²) in [6, 6.07) is 4.62. The van der Waals surface area contributed by atoms with Crippen molar-refractivity contribution in [2.24, 2.45) is 0 Å². The van der Waals surface area contributed by atoms with Gasteiger partial charge in [-0.1, -0.05) is 0 Å². The van der Waals surface area contributed by atoms with Crippen molar-refractivity contribution in [1.29, 1.82) is 0 Å². The van der Waals surface area contributed by atoms with Gasteiger partial charge in [0.2, 0.25) is 0 Å². The standard InChI is InChI=1S/C7H5NO4Se/c9-8(10)6-3-1-2-5-4-12-13(11)7(5)6/h1-3H,4H2. The van der Waals surface area contributed by atoms with Crippen molar-refractivity contribution in [3.05, 3.63) is 33.9 Å². The van der Waals surface area contributed by atoms with Crippen LogP contribution in [-0.2, 0) is 14.3 Å². The Morgan fingerprint density at radius 1 is 1.54 bits per heavy atom. The van der Waals surface area contributed by atoms with E-state index in [1.54, 1.807) is 12.1 Å². The third-order valence-electron chi connectivity index (χ3n) is 1.76. The Hall–Kier alpha value is -1.10. The summed E-state index contributed by atoms with van der Waals surface area (Å²) in [5.41, 5.74) is 0.587. The van der Waals surface area contributed by atoms with Crippen LogP contribution in [0.15, 0.2) is 18.2 Å². The second-order valence-corrected chi connectivity index (χ2v) is 4.86. The van der Waals surface area contributed by atoms with E-state index in [2.05, 4.69) is 0 Å². The fraction of sp³-hybridized carbons (Fsp3) is 0.143. The molecule has 2 rings (SSSR count). The molecule has 13 heavy (non-hydrogen) atoms. The Morgan fingerprint density at radius 2 is 2.31 bits per heavy atom. The second-order valence-electron chi connectivity index (χ2n) is 2.52. The molecule has 0 saturated carbocycles. The van der Waals surface area contributed by atoms with Gasteiger partial charge in [0.1, 0.15) is 0 Å². The zero-order valence-corrected chi connectivity index (χ0v) is 8.14. The van der Waals surface area contributed by atoms with Gasteiger partial charge in [-0.2, -0.15) is 0 Å². The summed E-state index contributed by atoms with van der Waals surface area (Å²) >= 11 is -2.60. The van der Waals surface area contributed by atoms with E-state index in [-0.39, 0.29) is 12.3 Å². The fourth-order valence-electron chi connectivity index (χ4n) is 1.20. The number of rotatable bonds is 1. The molecule has 6 heteroatoms. The Labute approximate surface area is 77.9 Å². The number of nitrogens with zero attached hydrogens (tertiary/aromatic N) is 1. The van der Waals surface area contributed by atoms with Crippen molar-refractivity contribution in [3.8, 4) is 0 Å². The fourth-order valence-corrected chi connectivity index (χ4v) is 3.31. The first-order valence-corrected chi connectivity index (χ1v) is 5.77. The van der Waals surface area contributed by atoms with Crippen LogP contribution in [0.1, 0.15) is 5.56 Å². The molecule has 1 unspecified atom stereocenters. The molecule has 0 N–H and O–H groups in total. The topological polar surface area (TPSA) is 69.4 Å². The van der Waals surface area contributed by atoms with E-state index >= 15 is 0 Å². The van der Waals surface area contributed by atoms with Crippen LogP contribution in [0, 0.1) is 10.1 Å². The van der Waals surface area contributed by atoms with Crippen LogP contribution in [0.4, 0.5) is 5.69 Å². The summed E-state index contributed by atoms with van der Waals surface area (Å²) in [5.74, 6) is 0. The van der Waals surface area contributed by atoms with Crippen LogP contribution in [-0.4, -0.2) is 19.1 Å². The van der Waals surface area contributed by atoms with Gasteiger partial charge in [0.05, 0.1) is 0 Å². The van der Waals surface area contributed by atoms with Gasteiger partial charge >= 0.3 is 77.4 Å². The Balaban J connectivity index is 2.66. The predicted octanol–water partition coefficient (Wildman–Crippen LogP) is 0.251. The molecular formula is C7H5NO4Se. The molecule has 0 fully saturated rings. The van der Waals surface area contributed by atoms with Crippen LogP contribution in [0.5, 0.6) is 0 Å². The molecule has 1 aromatic rings. The average Bonchev–Trinajstić information content (AvgIpc) is 2.48. The third kappa shape index (κ3) is 1.29. The van der Waals surface area contributed by atoms with E-state index in [9.17, 15) is 13.9 Å². The molecule has 0 radical (unpaired) electrons. The molecule has 0 aliphatic carbocycles. The van der Waals surface area contributed by atoms with E-state index in [0.29, 0.717) is 10.0 Å². The van der Waals surface area contributed by atoms with Crippen molar-refractivity contribution in [3.63, 3.8) is 0 Å². The Bertz CT molecular complexity index is 403. The van der Waals surface area contributed by atoms with Crippen LogP contribution < -0.4 is 4.46 Å². The van der Waals surface area contributed by atoms with Crippen LogP contribution in [0.2, 0.25) is 0 Å². The average molecular weight is 246 g/mol. The Morgan fingerprint density at radius 3 is 3.00 bits per heavy atom. The van der Waals surface area contributed by atoms with Crippen LogP contribution in [0.25, 0.3) is 0 Å². The third-order valence-corrected chi connectivity index (χ3v) is 4.15. The van der Waals surface area contributed by atoms with E-state index < -0.39 is 19.1 Å². The molecule has 0 amide bonds. The van der Waals surface area contributed by atoms with Crippen LogP contribution >= 0.6 is 0 Å². The number of nitro groups is 1. The van der Waals surface area contributed by atoms with E-state index in [1.807, 2.05) is 0 Å². The van der Waals surface area contributed by atoms with Gasteiger partial charge in [-0.25, -0.2) is 0 Å². The van der Waals surface area contributed by atoms with Crippen molar-refractivity contribution in [1.82, 2.24) is 0 Å². The molecular weight excluding hydrogens is 241 g/mol. The molecule has 0 saturated heterocycles. The minimum absolute atomic E-state index is 0.0880. The maximum atomic E-state index is 11.3. The molecule has 0 aromatic heterocycles. The molecule has 1 aromatic carbocycles. The second kappa shape index (κ2) is 2.99. The zero-order chi connectivity index (χ0) is 9.42. The Kier molecular flexibility index (Phi) is 1.95. The van der Waals surface area contributed by atoms with Gasteiger partial charge in [-0.15, -0.1) is 0 Å². The van der Waals surface area contributed by atoms with Crippen molar-refractivity contribution in [2.45, 2.75) is 6.61 Å². The predicted molar refractivity (Wildman–Crippen MR) is 44.0 cm³/mol. The minimum atomic E-state index is -2.60. The summed E-state index contributed by atoms with van der Waals surface area (Å²) in [6.07, 6.45) is 0. The summed E-state index contributed by atoms with van der Waals surface area (Å²) in [4.78, 5) is 10.0. The molecule has 1 aliphatic heterocycles. The SMILES string of the molecule is O=[N+]([O-])c1cccc2c1[Se](=O)OC2. The van der Waals surface area contributed by atoms with E-state index in [0.717, 1.165) is 0 Å². The number of hydrogen-bond acceptors (Lipinski definition) is 4. The number of fused-ring (bicyclic) bond motifs is 1. The van der Waals surface area contributed by atoms with E-state index in [4.69, 9.17) is 3.82 Å². The number of nitro benzene ring substituents is 1. The van der Waals surface area contributed by atoms with Gasteiger partial charge in [0, 0.05) is 0 Å². The van der Waals surface area contributed by atoms with Gasteiger partial charge in [-0.3, -0.25) is 0 Å². The monoisotopic (exact) mass is 247 g/mol. The van der Waals surface area contributed by atoms with Crippen molar-refractivity contribution in [2.75, 3.05) is 0 Å². The van der Waals surface area contributed by atoms with Gasteiger partial charge < -0.3 is 0 Å². The van der Waals surface area contributed by atoms with Gasteiger partial charge in [0.25, 0.3) is 0 Å². The molecule has 0 spiro atoms. The van der Waals surface area contributed by atoms with Gasteiger partial charge in [0.15, 0.2) is 0 Å². The zero-order valence-electron chi connectivity index (χ0n) is 6.43. The van der Waals surface area contributed by atoms with Crippen molar-refractivity contribution < 1.29 is 12.6 Å². The molecule has 5 nitrogen and oxygen atoms in total. The molecule has 1 aliphatic rings. The first-order valence-electron chi connectivity index (χ1n) is 3.51. The van der Waals surface area contributed by atoms with Gasteiger partial charge in [-0.05, 0) is 0 Å². The van der Waals surface area contributed by atoms with Crippen molar-refractivity contribution >= 4 is 24.3 Å². The molecule has 1 heterocycles. The van der Waals surface area contributed by atoms with E-state index in [1.165, 1.54) is 6.07 Å². The summed E-state index contributed by atoms with van der Waals surface area (Å²) < 4.78 is 16.5. The first-order chi connectivity index (χ1) is 6.20. The number of benzene rings is 1. The first kappa shape index (κ1) is 8.50. The van der Waals surface area contributed by atoms with Crippen LogP contribution in [0.3, 0.4) is 0 Å². The number of hydrogen-bond donors (Lipinski definition) is 0. The summed E-state index contributed by atoms with van der Waals surface area (Å²) in [6.45, 7) is 0.227. The molecule has 0 bridgehead atoms. The molecule has 1 atom stereocenters. The normalized spacial score (nSPS) is 19.8. The summed E-state index contributed by atoms with van der Waals surface area (Å²) in [7, 11) is 0. The molecule has 68 valence electrons. The maximum absolute atomic E-state index is 11.3. The quantitative estimate of drug-likeness (QED) is 0.404.